The largest absolute Gasteiger partial charge is 0.486 e. The summed E-state index contributed by atoms with van der Waals surface area (Å²) in [6.45, 7) is 4.74. The number of hydrogen-bond donors (Lipinski definition) is 0. The lowest BCUT2D eigenvalue weighted by Gasteiger charge is -2.23. The Morgan fingerprint density at radius 3 is 2.52 bits per heavy atom. The fraction of sp³-hybridized carbons (Fsp3) is 0.381. The highest BCUT2D eigenvalue weighted by molar-refractivity contribution is 5.98. The molecular weight excluding hydrogens is 376 g/mol. The van der Waals surface area contributed by atoms with Crippen LogP contribution in [0, 0.1) is 0 Å². The first-order chi connectivity index (χ1) is 13.9. The van der Waals surface area contributed by atoms with Gasteiger partial charge in [-0.25, -0.2) is 4.79 Å². The van der Waals surface area contributed by atoms with Crippen LogP contribution in [0.4, 0.5) is 0 Å². The third kappa shape index (κ3) is 4.77. The molecule has 1 amide bonds. The zero-order valence-corrected chi connectivity index (χ0v) is 16.8. The van der Waals surface area contributed by atoms with Crippen LogP contribution in [0.15, 0.2) is 30.5 Å². The Labute approximate surface area is 169 Å². The van der Waals surface area contributed by atoms with E-state index in [1.54, 1.807) is 18.1 Å². The summed E-state index contributed by atoms with van der Waals surface area (Å²) < 4.78 is 17.8. The van der Waals surface area contributed by atoms with Crippen molar-refractivity contribution in [3.05, 3.63) is 47.3 Å². The Balaban J connectivity index is 1.60. The van der Waals surface area contributed by atoms with Gasteiger partial charge in [-0.05, 0) is 37.6 Å². The predicted octanol–water partition coefficient (Wildman–Crippen LogP) is 2.20. The fourth-order valence-corrected chi connectivity index (χ4v) is 3.04. The summed E-state index contributed by atoms with van der Waals surface area (Å²) in [5, 5.41) is 0. The molecule has 8 nitrogen and oxygen atoms in total. The lowest BCUT2D eigenvalue weighted by Crippen LogP contribution is -2.34. The minimum atomic E-state index is -0.649. The van der Waals surface area contributed by atoms with Crippen LogP contribution in [0.25, 0.3) is 0 Å². The summed E-state index contributed by atoms with van der Waals surface area (Å²) >= 11 is 0. The predicted molar refractivity (Wildman–Crippen MR) is 104 cm³/mol. The number of aromatic nitrogens is 1. The number of Topliss-reactive ketones (excluding diaryl/α,β-unsaturated/α-hetero) is 1. The van der Waals surface area contributed by atoms with Gasteiger partial charge in [-0.15, -0.1) is 0 Å². The number of rotatable bonds is 7. The van der Waals surface area contributed by atoms with Gasteiger partial charge in [0.05, 0.1) is 0 Å². The number of amides is 1. The highest BCUT2D eigenvalue weighted by atomic mass is 16.6. The van der Waals surface area contributed by atoms with Crippen molar-refractivity contribution in [2.45, 2.75) is 20.4 Å². The number of ketones is 1. The Morgan fingerprint density at radius 1 is 1.14 bits per heavy atom. The molecule has 1 aromatic heterocycles. The minimum absolute atomic E-state index is 0.146. The quantitative estimate of drug-likeness (QED) is 0.523. The number of likely N-dealkylation sites (N-methyl/N-ethyl adjacent to an activating group) is 1. The van der Waals surface area contributed by atoms with E-state index in [-0.39, 0.29) is 24.0 Å². The van der Waals surface area contributed by atoms with Crippen LogP contribution in [0.2, 0.25) is 0 Å². The third-order valence-corrected chi connectivity index (χ3v) is 4.66. The van der Waals surface area contributed by atoms with E-state index in [4.69, 9.17) is 14.2 Å². The topological polar surface area (TPSA) is 87.1 Å². The normalized spacial score (nSPS) is 12.4. The van der Waals surface area contributed by atoms with Gasteiger partial charge < -0.3 is 23.7 Å². The van der Waals surface area contributed by atoms with E-state index >= 15 is 0 Å². The molecule has 0 saturated carbocycles. The van der Waals surface area contributed by atoms with Gasteiger partial charge >= 0.3 is 5.97 Å². The van der Waals surface area contributed by atoms with E-state index < -0.39 is 5.97 Å². The molecule has 1 aromatic carbocycles. The SMILES string of the molecule is CCN(Cc1ccc2c(c1)OCCO2)C(=O)COC(=O)c1cc(C(C)=O)cn1C. The first kappa shape index (κ1) is 20.4. The Bertz CT molecular complexity index is 933. The van der Waals surface area contributed by atoms with Gasteiger partial charge in [-0.1, -0.05) is 6.07 Å². The number of benzene rings is 1. The molecule has 0 aliphatic carbocycles. The second kappa shape index (κ2) is 8.81. The van der Waals surface area contributed by atoms with Crippen molar-refractivity contribution in [2.75, 3.05) is 26.4 Å². The molecule has 1 aliphatic heterocycles. The smallest absolute Gasteiger partial charge is 0.355 e. The van der Waals surface area contributed by atoms with E-state index in [2.05, 4.69) is 0 Å². The molecule has 2 heterocycles. The summed E-state index contributed by atoms with van der Waals surface area (Å²) in [6, 6.07) is 7.01. The maximum absolute atomic E-state index is 12.5. The molecule has 0 spiro atoms. The van der Waals surface area contributed by atoms with E-state index in [0.29, 0.717) is 43.4 Å². The van der Waals surface area contributed by atoms with Gasteiger partial charge in [0.15, 0.2) is 23.9 Å². The molecule has 0 N–H and O–H groups in total. The highest BCUT2D eigenvalue weighted by Gasteiger charge is 2.20. The average Bonchev–Trinajstić information content (AvgIpc) is 3.12. The van der Waals surface area contributed by atoms with E-state index in [9.17, 15) is 14.4 Å². The zero-order chi connectivity index (χ0) is 21.0. The molecule has 1 aliphatic rings. The third-order valence-electron chi connectivity index (χ3n) is 4.66. The number of hydrogen-bond acceptors (Lipinski definition) is 6. The minimum Gasteiger partial charge on any atom is -0.486 e. The van der Waals surface area contributed by atoms with Gasteiger partial charge in [0, 0.05) is 31.9 Å². The average molecular weight is 400 g/mol. The van der Waals surface area contributed by atoms with Crippen LogP contribution in [0.1, 0.15) is 40.3 Å². The van der Waals surface area contributed by atoms with Crippen molar-refractivity contribution in [1.29, 1.82) is 0 Å². The molecule has 0 unspecified atom stereocenters. The van der Waals surface area contributed by atoms with Crippen LogP contribution in [-0.4, -0.2) is 53.5 Å². The highest BCUT2D eigenvalue weighted by Crippen LogP contribution is 2.31. The number of carbonyl (C=O) groups excluding carboxylic acids is 3. The van der Waals surface area contributed by atoms with Crippen molar-refractivity contribution in [3.63, 3.8) is 0 Å². The number of fused-ring (bicyclic) bond motifs is 1. The summed E-state index contributed by atoms with van der Waals surface area (Å²) in [5.74, 6) is 0.247. The molecule has 2 aromatic rings. The second-order valence-electron chi connectivity index (χ2n) is 6.74. The molecule has 0 atom stereocenters. The summed E-state index contributed by atoms with van der Waals surface area (Å²) in [7, 11) is 1.64. The molecule has 8 heteroatoms. The Hall–Kier alpha value is -3.29. The van der Waals surface area contributed by atoms with Crippen molar-refractivity contribution in [1.82, 2.24) is 9.47 Å². The van der Waals surface area contributed by atoms with Crippen molar-refractivity contribution >= 4 is 17.7 Å². The molecule has 29 heavy (non-hydrogen) atoms. The lowest BCUT2D eigenvalue weighted by atomic mass is 10.1. The van der Waals surface area contributed by atoms with Crippen molar-refractivity contribution in [3.8, 4) is 11.5 Å². The number of carbonyl (C=O) groups is 3. The Kier molecular flexibility index (Phi) is 6.21. The van der Waals surface area contributed by atoms with Crippen LogP contribution in [0.5, 0.6) is 11.5 Å². The van der Waals surface area contributed by atoms with Crippen LogP contribution < -0.4 is 9.47 Å². The molecule has 0 fully saturated rings. The maximum Gasteiger partial charge on any atom is 0.355 e. The van der Waals surface area contributed by atoms with Gasteiger partial charge in [0.25, 0.3) is 5.91 Å². The van der Waals surface area contributed by atoms with Crippen molar-refractivity contribution in [2.24, 2.45) is 7.05 Å². The summed E-state index contributed by atoms with van der Waals surface area (Å²) in [6.07, 6.45) is 1.56. The first-order valence-corrected chi connectivity index (χ1v) is 9.39. The van der Waals surface area contributed by atoms with Gasteiger partial charge in [-0.2, -0.15) is 0 Å². The van der Waals surface area contributed by atoms with Crippen molar-refractivity contribution < 1.29 is 28.6 Å². The molecule has 0 bridgehead atoms. The van der Waals surface area contributed by atoms with E-state index in [1.165, 1.54) is 17.6 Å². The van der Waals surface area contributed by atoms with Crippen LogP contribution in [-0.2, 0) is 23.1 Å². The van der Waals surface area contributed by atoms with Gasteiger partial charge in [-0.3, -0.25) is 9.59 Å². The maximum atomic E-state index is 12.5. The zero-order valence-electron chi connectivity index (χ0n) is 16.8. The summed E-state index contributed by atoms with van der Waals surface area (Å²) in [5.41, 5.74) is 1.53. The summed E-state index contributed by atoms with van der Waals surface area (Å²) in [4.78, 5) is 37.8. The first-order valence-electron chi connectivity index (χ1n) is 9.39. The number of esters is 1. The number of nitrogens with zero attached hydrogens (tertiary/aromatic N) is 2. The van der Waals surface area contributed by atoms with Crippen LogP contribution >= 0.6 is 0 Å². The van der Waals surface area contributed by atoms with Crippen LogP contribution in [0.3, 0.4) is 0 Å². The van der Waals surface area contributed by atoms with Gasteiger partial charge in [0.1, 0.15) is 18.9 Å². The molecule has 3 rings (SSSR count). The second-order valence-corrected chi connectivity index (χ2v) is 6.74. The fourth-order valence-electron chi connectivity index (χ4n) is 3.04. The lowest BCUT2D eigenvalue weighted by molar-refractivity contribution is -0.135. The number of ether oxygens (including phenoxy) is 3. The Morgan fingerprint density at radius 2 is 1.86 bits per heavy atom. The molecular formula is C21H24N2O6. The van der Waals surface area contributed by atoms with E-state index in [1.807, 2.05) is 25.1 Å². The van der Waals surface area contributed by atoms with Gasteiger partial charge in [0.2, 0.25) is 0 Å². The van der Waals surface area contributed by atoms with E-state index in [0.717, 1.165) is 5.56 Å². The standard InChI is InChI=1S/C21H24N2O6/c1-4-23(11-15-5-6-18-19(9-15)28-8-7-27-18)20(25)13-29-21(26)17-10-16(14(2)24)12-22(17)3/h5-6,9-10,12H,4,7-8,11,13H2,1-3H3. The number of aryl methyl sites for hydroxylation is 1. The molecule has 154 valence electrons. The molecule has 0 saturated heterocycles. The molecule has 0 radical (unpaired) electrons. The monoisotopic (exact) mass is 400 g/mol.